The van der Waals surface area contributed by atoms with Gasteiger partial charge in [-0.15, -0.1) is 0 Å². The summed E-state index contributed by atoms with van der Waals surface area (Å²) in [7, 11) is 1.96. The summed E-state index contributed by atoms with van der Waals surface area (Å²) in [6.07, 6.45) is 6.03. The Bertz CT molecular complexity index is 763. The molecule has 136 valence electrons. The first-order chi connectivity index (χ1) is 11.8. The van der Waals surface area contributed by atoms with Crippen LogP contribution >= 0.6 is 0 Å². The Balaban J connectivity index is 2.48. The molecule has 0 saturated carbocycles. The fraction of sp³-hybridized carbons (Fsp3) is 0.455. The van der Waals surface area contributed by atoms with E-state index in [1.807, 2.05) is 14.0 Å². The van der Waals surface area contributed by atoms with Crippen molar-refractivity contribution >= 4 is 11.3 Å². The van der Waals surface area contributed by atoms with Crippen molar-refractivity contribution in [3.05, 3.63) is 57.1 Å². The number of nitrogens with one attached hydrogen (secondary N) is 1. The van der Waals surface area contributed by atoms with E-state index in [-0.39, 0.29) is 5.82 Å². The second-order valence-electron chi connectivity index (χ2n) is 7.32. The van der Waals surface area contributed by atoms with Gasteiger partial charge in [-0.05, 0) is 82.7 Å². The topological polar surface area (TPSA) is 38.0 Å². The third-order valence-corrected chi connectivity index (χ3v) is 5.31. The molecule has 0 saturated heterocycles. The maximum Gasteiger partial charge on any atom is 0.128 e. The molecule has 0 aliphatic heterocycles. The second kappa shape index (κ2) is 7.90. The van der Waals surface area contributed by atoms with Gasteiger partial charge < -0.3 is 11.1 Å². The van der Waals surface area contributed by atoms with E-state index < -0.39 is 0 Å². The summed E-state index contributed by atoms with van der Waals surface area (Å²) in [5.74, 6) is -0.190. The van der Waals surface area contributed by atoms with Crippen molar-refractivity contribution in [2.75, 3.05) is 12.8 Å². The third-order valence-electron chi connectivity index (χ3n) is 5.31. The molecule has 1 aliphatic rings. The highest BCUT2D eigenvalue weighted by molar-refractivity contribution is 5.81. The molecule has 0 amide bonds. The van der Waals surface area contributed by atoms with Crippen LogP contribution in [-0.2, 0) is 6.42 Å². The Kier molecular flexibility index (Phi) is 6.10. The molecule has 0 unspecified atom stereocenters. The Hall–Kier alpha value is -2.03. The minimum Gasteiger partial charge on any atom is -0.398 e. The molecule has 1 aliphatic carbocycles. The van der Waals surface area contributed by atoms with Crippen molar-refractivity contribution in [2.24, 2.45) is 0 Å². The number of hydrogen-bond donors (Lipinski definition) is 2. The zero-order valence-corrected chi connectivity index (χ0v) is 16.4. The van der Waals surface area contributed by atoms with Gasteiger partial charge in [0.1, 0.15) is 5.82 Å². The zero-order valence-electron chi connectivity index (χ0n) is 16.4. The van der Waals surface area contributed by atoms with Gasteiger partial charge >= 0.3 is 0 Å². The number of halogens is 1. The van der Waals surface area contributed by atoms with E-state index in [0.717, 1.165) is 42.4 Å². The average molecular weight is 343 g/mol. The normalized spacial score (nSPS) is 16.4. The van der Waals surface area contributed by atoms with Gasteiger partial charge in [0.25, 0.3) is 0 Å². The molecule has 0 spiro atoms. The van der Waals surface area contributed by atoms with Gasteiger partial charge in [0.05, 0.1) is 0 Å². The first kappa shape index (κ1) is 19.3. The lowest BCUT2D eigenvalue weighted by Gasteiger charge is -2.25. The van der Waals surface area contributed by atoms with E-state index in [4.69, 9.17) is 5.73 Å². The van der Waals surface area contributed by atoms with Crippen LogP contribution in [0.4, 0.5) is 10.1 Å². The summed E-state index contributed by atoms with van der Waals surface area (Å²) in [5, 5.41) is 3.32. The van der Waals surface area contributed by atoms with Crippen LogP contribution < -0.4 is 11.1 Å². The maximum absolute atomic E-state index is 14.1. The molecule has 0 atom stereocenters. The molecule has 0 radical (unpaired) electrons. The van der Waals surface area contributed by atoms with Gasteiger partial charge in [0, 0.05) is 30.4 Å². The molecule has 3 N–H and O–H groups in total. The van der Waals surface area contributed by atoms with Gasteiger partial charge in [0.15, 0.2) is 0 Å². The number of nitrogens with two attached hydrogens (primary N) is 1. The third kappa shape index (κ3) is 4.15. The SMILES string of the molecule is CN/C(=C\C(C)=C(C)C)C/C(C)=C1/CCCc2c(C)c(F)cc(N)c21. The van der Waals surface area contributed by atoms with E-state index in [0.29, 0.717) is 5.69 Å². The summed E-state index contributed by atoms with van der Waals surface area (Å²) in [6.45, 7) is 10.4. The molecular weight excluding hydrogens is 311 g/mol. The molecule has 25 heavy (non-hydrogen) atoms. The maximum atomic E-state index is 14.1. The van der Waals surface area contributed by atoms with Crippen LogP contribution in [0.25, 0.3) is 5.57 Å². The van der Waals surface area contributed by atoms with Gasteiger partial charge in [0.2, 0.25) is 0 Å². The fourth-order valence-electron chi connectivity index (χ4n) is 3.50. The van der Waals surface area contributed by atoms with E-state index >= 15 is 0 Å². The summed E-state index contributed by atoms with van der Waals surface area (Å²) >= 11 is 0. The van der Waals surface area contributed by atoms with Gasteiger partial charge in [-0.25, -0.2) is 4.39 Å². The molecule has 0 heterocycles. The van der Waals surface area contributed by atoms with Crippen LogP contribution in [0, 0.1) is 12.7 Å². The van der Waals surface area contributed by atoms with Crippen molar-refractivity contribution in [3.8, 4) is 0 Å². The summed E-state index contributed by atoms with van der Waals surface area (Å²) in [4.78, 5) is 0. The molecule has 2 nitrogen and oxygen atoms in total. The molecule has 1 aromatic carbocycles. The quantitative estimate of drug-likeness (QED) is 0.546. The molecular formula is C22H31FN2. The number of nitrogen functional groups attached to an aromatic ring is 1. The van der Waals surface area contributed by atoms with Crippen LogP contribution in [0.1, 0.15) is 63.6 Å². The smallest absolute Gasteiger partial charge is 0.128 e. The molecule has 0 aromatic heterocycles. The Morgan fingerprint density at radius 3 is 2.52 bits per heavy atom. The average Bonchev–Trinajstić information content (AvgIpc) is 2.58. The standard InChI is InChI=1S/C22H31FN2/c1-13(2)14(3)10-17(25-6)11-15(4)18-8-7-9-19-16(5)20(23)12-21(24)22(18)19/h10,12,25H,7-9,11,24H2,1-6H3/b17-10-,18-15-. The molecule has 0 fully saturated rings. The molecule has 2 rings (SSSR count). The van der Waals surface area contributed by atoms with Gasteiger partial charge in [-0.2, -0.15) is 0 Å². The van der Waals surface area contributed by atoms with Crippen LogP contribution in [0.2, 0.25) is 0 Å². The van der Waals surface area contributed by atoms with Crippen LogP contribution in [0.15, 0.2) is 34.6 Å². The minimum absolute atomic E-state index is 0.190. The predicted octanol–water partition coefficient (Wildman–Crippen LogP) is 5.68. The second-order valence-corrected chi connectivity index (χ2v) is 7.32. The first-order valence-electron chi connectivity index (χ1n) is 9.05. The van der Waals surface area contributed by atoms with E-state index in [2.05, 4.69) is 39.1 Å². The monoisotopic (exact) mass is 342 g/mol. The highest BCUT2D eigenvalue weighted by Gasteiger charge is 2.22. The number of fused-ring (bicyclic) bond motifs is 1. The zero-order chi connectivity index (χ0) is 18.7. The summed E-state index contributed by atoms with van der Waals surface area (Å²) in [5.41, 5.74) is 16.1. The van der Waals surface area contributed by atoms with Crippen molar-refractivity contribution in [2.45, 2.75) is 60.3 Å². The lowest BCUT2D eigenvalue weighted by Crippen LogP contribution is -2.12. The minimum atomic E-state index is -0.190. The predicted molar refractivity (Wildman–Crippen MR) is 107 cm³/mol. The largest absolute Gasteiger partial charge is 0.398 e. The number of benzene rings is 1. The van der Waals surface area contributed by atoms with Gasteiger partial charge in [-0.3, -0.25) is 0 Å². The van der Waals surface area contributed by atoms with Crippen LogP contribution in [0.3, 0.4) is 0 Å². The Labute approximate surface area is 151 Å². The Morgan fingerprint density at radius 1 is 1.24 bits per heavy atom. The van der Waals surface area contributed by atoms with E-state index in [1.54, 1.807) is 0 Å². The summed E-state index contributed by atoms with van der Waals surface area (Å²) < 4.78 is 14.1. The molecule has 3 heteroatoms. The van der Waals surface area contributed by atoms with Crippen LogP contribution in [0.5, 0.6) is 0 Å². The number of rotatable bonds is 4. The number of allylic oxidation sites excluding steroid dienone is 5. The lowest BCUT2D eigenvalue weighted by molar-refractivity contribution is 0.613. The van der Waals surface area contributed by atoms with Crippen molar-refractivity contribution in [1.82, 2.24) is 5.32 Å². The lowest BCUT2D eigenvalue weighted by atomic mass is 9.81. The highest BCUT2D eigenvalue weighted by Crippen LogP contribution is 2.40. The Morgan fingerprint density at radius 2 is 1.92 bits per heavy atom. The number of anilines is 1. The van der Waals surface area contributed by atoms with Crippen molar-refractivity contribution in [1.29, 1.82) is 0 Å². The number of hydrogen-bond acceptors (Lipinski definition) is 2. The highest BCUT2D eigenvalue weighted by atomic mass is 19.1. The van der Waals surface area contributed by atoms with Crippen LogP contribution in [-0.4, -0.2) is 7.05 Å². The van der Waals surface area contributed by atoms with Gasteiger partial charge in [-0.1, -0.05) is 16.7 Å². The van der Waals surface area contributed by atoms with Crippen molar-refractivity contribution < 1.29 is 4.39 Å². The van der Waals surface area contributed by atoms with Crippen molar-refractivity contribution in [3.63, 3.8) is 0 Å². The molecule has 0 bridgehead atoms. The first-order valence-corrected chi connectivity index (χ1v) is 9.05. The molecule has 1 aromatic rings. The van der Waals surface area contributed by atoms with E-state index in [9.17, 15) is 4.39 Å². The fourth-order valence-corrected chi connectivity index (χ4v) is 3.50. The van der Waals surface area contributed by atoms with E-state index in [1.165, 1.54) is 34.1 Å². The summed E-state index contributed by atoms with van der Waals surface area (Å²) in [6, 6.07) is 1.48.